The molecule has 46 heavy (non-hydrogen) atoms. The number of carbonyl (C=O) groups is 1. The number of nitrogens with zero attached hydrogens (tertiary/aromatic N) is 6. The minimum atomic E-state index is -0.829. The van der Waals surface area contributed by atoms with Gasteiger partial charge in [-0.3, -0.25) is 20.0 Å². The van der Waals surface area contributed by atoms with Crippen LogP contribution >= 0.6 is 11.6 Å². The Kier molecular flexibility index (Phi) is 8.48. The molecular weight excluding hydrogens is 607 g/mol. The van der Waals surface area contributed by atoms with Crippen molar-refractivity contribution in [3.63, 3.8) is 0 Å². The van der Waals surface area contributed by atoms with Crippen LogP contribution in [0.2, 0.25) is 0 Å². The Hall–Kier alpha value is -2.86. The number of aromatic nitrogens is 2. The molecule has 1 aromatic heterocycles. The molecule has 10 nitrogen and oxygen atoms in total. The van der Waals surface area contributed by atoms with Gasteiger partial charge in [0.05, 0.1) is 22.1 Å². The van der Waals surface area contributed by atoms with Gasteiger partial charge in [-0.2, -0.15) is 9.97 Å². The summed E-state index contributed by atoms with van der Waals surface area (Å²) in [6.45, 7) is 4.38. The van der Waals surface area contributed by atoms with E-state index in [0.29, 0.717) is 45.2 Å². The van der Waals surface area contributed by atoms with Gasteiger partial charge in [0.1, 0.15) is 24.3 Å². The van der Waals surface area contributed by atoms with Gasteiger partial charge in [-0.15, -0.1) is 11.6 Å². The Balaban J connectivity index is 1.23. The Morgan fingerprint density at radius 1 is 1.22 bits per heavy atom. The van der Waals surface area contributed by atoms with Crippen LogP contribution in [-0.4, -0.2) is 120 Å². The van der Waals surface area contributed by atoms with Gasteiger partial charge < -0.3 is 19.9 Å². The van der Waals surface area contributed by atoms with Crippen LogP contribution < -0.4 is 15.0 Å². The summed E-state index contributed by atoms with van der Waals surface area (Å²) in [5.74, 6) is 0.436. The topological polar surface area (TPSA) is 101 Å². The van der Waals surface area contributed by atoms with E-state index in [0.717, 1.165) is 68.7 Å². The van der Waals surface area contributed by atoms with Crippen molar-refractivity contribution in [1.29, 1.82) is 5.41 Å². The van der Waals surface area contributed by atoms with E-state index in [1.807, 2.05) is 0 Å². The quantitative estimate of drug-likeness (QED) is 0.348. The van der Waals surface area contributed by atoms with Crippen LogP contribution in [0.3, 0.4) is 0 Å². The van der Waals surface area contributed by atoms with E-state index >= 15 is 0 Å². The zero-order valence-electron chi connectivity index (χ0n) is 27.2. The highest BCUT2D eigenvalue weighted by atomic mass is 35.5. The third-order valence-corrected chi connectivity index (χ3v) is 11.7. The maximum absolute atomic E-state index is 14.6. The van der Waals surface area contributed by atoms with Crippen molar-refractivity contribution in [3.8, 4) is 6.01 Å². The van der Waals surface area contributed by atoms with Gasteiger partial charge in [-0.1, -0.05) is 24.3 Å². The Morgan fingerprint density at radius 2 is 2.04 bits per heavy atom. The zero-order valence-corrected chi connectivity index (χ0v) is 28.0. The number of hydrogen-bond donors (Lipinski definition) is 2. The van der Waals surface area contributed by atoms with Crippen molar-refractivity contribution < 1.29 is 13.9 Å². The first-order chi connectivity index (χ1) is 22.1. The minimum Gasteiger partial charge on any atom is -0.461 e. The molecule has 248 valence electrons. The summed E-state index contributed by atoms with van der Waals surface area (Å²) in [5, 5.41) is 11.2. The van der Waals surface area contributed by atoms with E-state index in [2.05, 4.69) is 51.3 Å². The van der Waals surface area contributed by atoms with Crippen molar-refractivity contribution in [2.45, 2.75) is 80.2 Å². The highest BCUT2D eigenvalue weighted by Crippen LogP contribution is 2.48. The Morgan fingerprint density at radius 3 is 2.87 bits per heavy atom. The fourth-order valence-electron chi connectivity index (χ4n) is 8.73. The molecule has 0 bridgehead atoms. The summed E-state index contributed by atoms with van der Waals surface area (Å²) >= 11 is 6.82. The summed E-state index contributed by atoms with van der Waals surface area (Å²) in [6.07, 6.45) is 5.30. The molecule has 2 aromatic rings. The van der Waals surface area contributed by atoms with Crippen molar-refractivity contribution in [2.24, 2.45) is 0 Å². The lowest BCUT2D eigenvalue weighted by atomic mass is 9.81. The molecule has 1 aromatic carbocycles. The molecular formula is C34H46ClFN8O2. The highest BCUT2D eigenvalue weighted by molar-refractivity contribution is 6.50. The summed E-state index contributed by atoms with van der Waals surface area (Å²) in [5.41, 5.74) is 4.29. The van der Waals surface area contributed by atoms with E-state index in [-0.39, 0.29) is 28.7 Å². The van der Waals surface area contributed by atoms with E-state index in [9.17, 15) is 9.18 Å². The van der Waals surface area contributed by atoms with Crippen LogP contribution in [0.5, 0.6) is 6.01 Å². The van der Waals surface area contributed by atoms with Gasteiger partial charge in [-0.25, -0.2) is 4.39 Å². The average molecular weight is 653 g/mol. The second-order valence-corrected chi connectivity index (χ2v) is 14.7. The second kappa shape index (κ2) is 12.3. The molecule has 5 heterocycles. The number of anilines is 1. The lowest BCUT2D eigenvalue weighted by Crippen LogP contribution is -2.51. The van der Waals surface area contributed by atoms with Crippen molar-refractivity contribution in [2.75, 3.05) is 65.4 Å². The molecule has 0 saturated carbocycles. The normalized spacial score (nSPS) is 30.1. The molecule has 3 unspecified atom stereocenters. The third-order valence-electron chi connectivity index (χ3n) is 11.2. The minimum absolute atomic E-state index is 0.121. The number of aryl methyl sites for hydroxylation is 1. The van der Waals surface area contributed by atoms with E-state index in [4.69, 9.17) is 31.7 Å². The first kappa shape index (κ1) is 31.7. The van der Waals surface area contributed by atoms with Gasteiger partial charge in [0.2, 0.25) is 0 Å². The summed E-state index contributed by atoms with van der Waals surface area (Å²) in [7, 11) is 5.48. The first-order valence-corrected chi connectivity index (χ1v) is 17.2. The highest BCUT2D eigenvalue weighted by Gasteiger charge is 2.50. The van der Waals surface area contributed by atoms with Gasteiger partial charge in [-0.05, 0) is 63.4 Å². The van der Waals surface area contributed by atoms with Crippen molar-refractivity contribution in [3.05, 3.63) is 46.6 Å². The maximum Gasteiger partial charge on any atom is 0.318 e. The molecule has 12 heteroatoms. The number of benzene rings is 1. The monoisotopic (exact) mass is 652 g/mol. The standard InChI is InChI=1S/C34H46ClFN8O2/c1-41(2)31(45)29(37)28(35)27-20-43(14-7-13-38-27)30-24-19-42(3)34(12-10-22-8-4-5-9-25(22)34)17-26(24)39-32(40-30)46-21-33-11-6-15-44(33)18-23(36)16-33/h4-5,8-9,23,27-28,37-38H,6-7,10-21H2,1-3H3/t23?,27?,28?,33-,34-/m0/s1. The number of halogens is 2. The van der Waals surface area contributed by atoms with Crippen LogP contribution in [-0.2, 0) is 29.7 Å². The van der Waals surface area contributed by atoms with Crippen LogP contribution in [0.15, 0.2) is 24.3 Å². The van der Waals surface area contributed by atoms with Gasteiger partial charge >= 0.3 is 6.01 Å². The number of hydrogen-bond acceptors (Lipinski definition) is 9. The third kappa shape index (κ3) is 5.46. The van der Waals surface area contributed by atoms with Gasteiger partial charge in [0, 0.05) is 64.7 Å². The molecule has 5 atom stereocenters. The SMILES string of the molecule is CN(C)C(=O)C(=N)C(Cl)C1CN(c2nc(OC[C@@]34CCCN3CC(F)C4)nc3c2CN(C)[C@@]2(CCc4ccccc42)C3)CCCN1. The smallest absolute Gasteiger partial charge is 0.318 e. The Labute approximate surface area is 276 Å². The average Bonchev–Trinajstić information content (AvgIpc) is 3.62. The first-order valence-electron chi connectivity index (χ1n) is 16.7. The molecule has 5 aliphatic rings. The molecule has 2 N–H and O–H groups in total. The van der Waals surface area contributed by atoms with Crippen LogP contribution in [0.4, 0.5) is 10.2 Å². The van der Waals surface area contributed by atoms with E-state index in [1.165, 1.54) is 16.0 Å². The number of ether oxygens (including phenoxy) is 1. The summed E-state index contributed by atoms with van der Waals surface area (Å²) in [4.78, 5) is 31.2. The number of fused-ring (bicyclic) bond motifs is 4. The zero-order chi connectivity index (χ0) is 32.2. The van der Waals surface area contributed by atoms with Crippen molar-refractivity contribution in [1.82, 2.24) is 30.0 Å². The molecule has 3 fully saturated rings. The van der Waals surface area contributed by atoms with Crippen molar-refractivity contribution >= 4 is 29.0 Å². The molecule has 1 amide bonds. The van der Waals surface area contributed by atoms with Crippen LogP contribution in [0.1, 0.15) is 54.5 Å². The Bertz CT molecular complexity index is 1510. The van der Waals surface area contributed by atoms with Gasteiger partial charge in [0.15, 0.2) is 0 Å². The number of carbonyl (C=O) groups excluding carboxylic acids is 1. The summed E-state index contributed by atoms with van der Waals surface area (Å²) in [6, 6.07) is 8.78. The number of rotatable bonds is 7. The van der Waals surface area contributed by atoms with E-state index < -0.39 is 11.5 Å². The second-order valence-electron chi connectivity index (χ2n) is 14.2. The largest absolute Gasteiger partial charge is 0.461 e. The maximum atomic E-state index is 14.6. The fourth-order valence-corrected chi connectivity index (χ4v) is 8.99. The molecule has 3 saturated heterocycles. The molecule has 4 aliphatic heterocycles. The van der Waals surface area contributed by atoms with E-state index in [1.54, 1.807) is 14.1 Å². The number of likely N-dealkylation sites (N-methyl/N-ethyl adjacent to an activating group) is 1. The lowest BCUT2D eigenvalue weighted by molar-refractivity contribution is -0.121. The molecule has 0 radical (unpaired) electrons. The molecule has 1 aliphatic carbocycles. The molecule has 7 rings (SSSR count). The summed E-state index contributed by atoms with van der Waals surface area (Å²) < 4.78 is 21.1. The number of amides is 1. The van der Waals surface area contributed by atoms with Crippen LogP contribution in [0, 0.1) is 5.41 Å². The lowest BCUT2D eigenvalue weighted by Gasteiger charge is -2.45. The fraction of sp³-hybridized carbons (Fsp3) is 0.647. The number of nitrogens with one attached hydrogen (secondary N) is 2. The van der Waals surface area contributed by atoms with Gasteiger partial charge in [0.25, 0.3) is 5.91 Å². The number of alkyl halides is 2. The predicted octanol–water partition coefficient (Wildman–Crippen LogP) is 3.15. The molecule has 1 spiro atoms. The predicted molar refractivity (Wildman–Crippen MR) is 177 cm³/mol. The van der Waals surface area contributed by atoms with Crippen LogP contribution in [0.25, 0.3) is 0 Å².